The molecule has 0 aliphatic carbocycles. The van der Waals surface area contributed by atoms with E-state index in [2.05, 4.69) is 15.0 Å². The molecular formula is C27H17ClF2N4O4. The molecule has 0 spiro atoms. The highest BCUT2D eigenvalue weighted by molar-refractivity contribution is 6.31. The summed E-state index contributed by atoms with van der Waals surface area (Å²) in [7, 11) is 0. The van der Waals surface area contributed by atoms with E-state index in [-0.39, 0.29) is 27.5 Å². The largest absolute Gasteiger partial charge is 0.489 e. The van der Waals surface area contributed by atoms with Crippen molar-refractivity contribution in [3.8, 4) is 33.7 Å². The summed E-state index contributed by atoms with van der Waals surface area (Å²) < 4.78 is 35.0. The van der Waals surface area contributed by atoms with Crippen LogP contribution in [0.4, 0.5) is 8.78 Å². The Morgan fingerprint density at radius 3 is 2.45 bits per heavy atom. The first-order chi connectivity index (χ1) is 18.3. The van der Waals surface area contributed by atoms with Crippen LogP contribution in [0.25, 0.3) is 27.9 Å². The lowest BCUT2D eigenvalue weighted by Gasteiger charge is -2.14. The molecule has 0 fully saturated rings. The van der Waals surface area contributed by atoms with Crippen LogP contribution < -0.4 is 21.5 Å². The van der Waals surface area contributed by atoms with Gasteiger partial charge in [0.2, 0.25) is 0 Å². The van der Waals surface area contributed by atoms with Crippen LogP contribution in [0.5, 0.6) is 5.75 Å². The van der Waals surface area contributed by atoms with Gasteiger partial charge in [-0.15, -0.1) is 0 Å². The molecule has 0 amide bonds. The van der Waals surface area contributed by atoms with Crippen LogP contribution in [0.3, 0.4) is 0 Å². The number of aromatic nitrogens is 4. The van der Waals surface area contributed by atoms with Gasteiger partial charge < -0.3 is 9.72 Å². The molecular weight excluding hydrogens is 518 g/mol. The normalized spacial score (nSPS) is 10.9. The van der Waals surface area contributed by atoms with Gasteiger partial charge in [0.05, 0.1) is 23.0 Å². The molecule has 5 aromatic rings. The van der Waals surface area contributed by atoms with E-state index in [0.717, 1.165) is 12.1 Å². The Morgan fingerprint density at radius 2 is 1.74 bits per heavy atom. The van der Waals surface area contributed by atoms with Gasteiger partial charge in [-0.05, 0) is 54.1 Å². The zero-order chi connectivity index (χ0) is 26.8. The lowest BCUT2D eigenvalue weighted by Crippen LogP contribution is -2.24. The molecule has 0 saturated carbocycles. The maximum atomic E-state index is 14.1. The van der Waals surface area contributed by atoms with E-state index >= 15 is 0 Å². The molecule has 0 aliphatic rings. The van der Waals surface area contributed by atoms with Gasteiger partial charge >= 0.3 is 5.69 Å². The van der Waals surface area contributed by atoms with Gasteiger partial charge in [-0.3, -0.25) is 24.1 Å². The molecule has 0 aliphatic heterocycles. The summed E-state index contributed by atoms with van der Waals surface area (Å²) in [6.45, 7) is -0.412. The lowest BCUT2D eigenvalue weighted by molar-refractivity contribution is 0.292. The fourth-order valence-corrected chi connectivity index (χ4v) is 4.10. The van der Waals surface area contributed by atoms with Crippen molar-refractivity contribution < 1.29 is 13.5 Å². The second-order valence-corrected chi connectivity index (χ2v) is 8.62. The highest BCUT2D eigenvalue weighted by atomic mass is 35.5. The van der Waals surface area contributed by atoms with Crippen LogP contribution in [0.1, 0.15) is 5.56 Å². The maximum Gasteiger partial charge on any atom is 0.325 e. The van der Waals surface area contributed by atoms with E-state index in [0.29, 0.717) is 16.8 Å². The summed E-state index contributed by atoms with van der Waals surface area (Å²) in [5.74, 6) is -1.36. The van der Waals surface area contributed by atoms with Crippen molar-refractivity contribution in [1.82, 2.24) is 19.5 Å². The van der Waals surface area contributed by atoms with E-state index < -0.39 is 35.0 Å². The van der Waals surface area contributed by atoms with E-state index in [4.69, 9.17) is 16.3 Å². The summed E-state index contributed by atoms with van der Waals surface area (Å²) >= 11 is 6.31. The quantitative estimate of drug-likeness (QED) is 0.334. The van der Waals surface area contributed by atoms with Crippen LogP contribution in [-0.4, -0.2) is 19.5 Å². The van der Waals surface area contributed by atoms with Crippen LogP contribution in [0.2, 0.25) is 5.02 Å². The number of hydrogen-bond donors (Lipinski definition) is 2. The van der Waals surface area contributed by atoms with Crippen LogP contribution in [0.15, 0.2) is 93.8 Å². The predicted molar refractivity (Wildman–Crippen MR) is 138 cm³/mol. The number of H-pyrrole nitrogens is 2. The molecule has 3 aromatic heterocycles. The molecule has 2 N–H and O–H groups in total. The van der Waals surface area contributed by atoms with Gasteiger partial charge in [0.25, 0.3) is 11.1 Å². The molecule has 0 radical (unpaired) electrons. The summed E-state index contributed by atoms with van der Waals surface area (Å²) in [6.07, 6.45) is 5.72. The first kappa shape index (κ1) is 24.8. The third kappa shape index (κ3) is 5.02. The standard InChI is InChI=1S/C27H17ClF2N4O4/c28-17-7-15(8-19(10-17)38-14-22-23(29)4-1-5-24(22)30)20-9-16(21-12-32-27(37)33-25(21)35)13-34(26(20)36)18-3-2-6-31-11-18/h1-13H,14H2,(H2,32,33,35,37). The molecule has 0 bridgehead atoms. The second-order valence-electron chi connectivity index (χ2n) is 8.18. The van der Waals surface area contributed by atoms with Gasteiger partial charge in [0.15, 0.2) is 0 Å². The van der Waals surface area contributed by atoms with Crippen LogP contribution in [-0.2, 0) is 6.61 Å². The highest BCUT2D eigenvalue weighted by Gasteiger charge is 2.16. The van der Waals surface area contributed by atoms with Gasteiger partial charge in [-0.25, -0.2) is 13.6 Å². The van der Waals surface area contributed by atoms with Crippen molar-refractivity contribution in [1.29, 1.82) is 0 Å². The predicted octanol–water partition coefficient (Wildman–Crippen LogP) is 4.45. The molecule has 0 atom stereocenters. The van der Waals surface area contributed by atoms with Gasteiger partial charge in [-0.1, -0.05) is 17.7 Å². The zero-order valence-electron chi connectivity index (χ0n) is 19.4. The number of hydrogen-bond acceptors (Lipinski definition) is 5. The molecule has 5 rings (SSSR count). The summed E-state index contributed by atoms with van der Waals surface area (Å²) in [5.41, 5.74) is -0.735. The first-order valence-corrected chi connectivity index (χ1v) is 11.5. The number of benzene rings is 2. The van der Waals surface area contributed by atoms with Crippen molar-refractivity contribution in [2.45, 2.75) is 6.61 Å². The van der Waals surface area contributed by atoms with Crippen molar-refractivity contribution in [3.63, 3.8) is 0 Å². The van der Waals surface area contributed by atoms with E-state index in [1.807, 2.05) is 0 Å². The minimum Gasteiger partial charge on any atom is -0.489 e. The van der Waals surface area contributed by atoms with Gasteiger partial charge in [0, 0.05) is 34.7 Å². The second kappa shape index (κ2) is 10.3. The molecule has 8 nitrogen and oxygen atoms in total. The molecule has 0 saturated heterocycles. The van der Waals surface area contributed by atoms with E-state index in [9.17, 15) is 23.2 Å². The van der Waals surface area contributed by atoms with Crippen LogP contribution in [0, 0.1) is 11.6 Å². The average Bonchev–Trinajstić information content (AvgIpc) is 2.89. The zero-order valence-corrected chi connectivity index (χ0v) is 20.1. The Kier molecular flexibility index (Phi) is 6.71. The SMILES string of the molecule is O=c1[nH]cc(-c2cc(-c3cc(Cl)cc(OCc4c(F)cccc4F)c3)c(=O)n(-c3cccnc3)c2)c(=O)[nH]1. The molecule has 0 unspecified atom stereocenters. The Balaban J connectivity index is 1.64. The average molecular weight is 535 g/mol. The Morgan fingerprint density at radius 1 is 0.947 bits per heavy atom. The van der Waals surface area contributed by atoms with Gasteiger partial charge in [0.1, 0.15) is 24.0 Å². The van der Waals surface area contributed by atoms with Crippen molar-refractivity contribution in [2.75, 3.05) is 0 Å². The molecule has 38 heavy (non-hydrogen) atoms. The monoisotopic (exact) mass is 534 g/mol. The summed E-state index contributed by atoms with van der Waals surface area (Å²) in [6, 6.07) is 12.7. The molecule has 11 heteroatoms. The van der Waals surface area contributed by atoms with Crippen molar-refractivity contribution in [3.05, 3.63) is 133 Å². The van der Waals surface area contributed by atoms with Crippen LogP contribution >= 0.6 is 11.6 Å². The fraction of sp³-hybridized carbons (Fsp3) is 0.0370. The Labute approximate surface area is 217 Å². The number of halogens is 3. The third-order valence-corrected chi connectivity index (χ3v) is 5.92. The lowest BCUT2D eigenvalue weighted by atomic mass is 10.0. The number of nitrogens with zero attached hydrogens (tertiary/aromatic N) is 2. The minimum absolute atomic E-state index is 0.108. The Bertz CT molecular complexity index is 1810. The van der Waals surface area contributed by atoms with Crippen molar-refractivity contribution in [2.24, 2.45) is 0 Å². The maximum absolute atomic E-state index is 14.1. The fourth-order valence-electron chi connectivity index (χ4n) is 3.88. The van der Waals surface area contributed by atoms with E-state index in [1.54, 1.807) is 18.3 Å². The molecule has 3 heterocycles. The molecule has 2 aromatic carbocycles. The number of pyridine rings is 2. The Hall–Kier alpha value is -4.83. The minimum atomic E-state index is -0.759. The number of rotatable bonds is 6. The topological polar surface area (TPSA) is 110 Å². The number of ether oxygens (including phenoxy) is 1. The third-order valence-electron chi connectivity index (χ3n) is 5.70. The van der Waals surface area contributed by atoms with E-state index in [1.165, 1.54) is 53.5 Å². The molecule has 190 valence electrons. The first-order valence-electron chi connectivity index (χ1n) is 11.2. The smallest absolute Gasteiger partial charge is 0.325 e. The van der Waals surface area contributed by atoms with Gasteiger partial charge in [-0.2, -0.15) is 0 Å². The summed E-state index contributed by atoms with van der Waals surface area (Å²) in [5, 5.41) is 0.200. The van der Waals surface area contributed by atoms with Crippen molar-refractivity contribution >= 4 is 11.6 Å². The summed E-state index contributed by atoms with van der Waals surface area (Å²) in [4.78, 5) is 46.3. The number of nitrogens with one attached hydrogen (secondary N) is 2. The highest BCUT2D eigenvalue weighted by Crippen LogP contribution is 2.30. The number of aromatic amines is 2.